The number of carbonyl (C=O) groups excluding carboxylic acids is 2. The molecule has 0 saturated carbocycles. The lowest BCUT2D eigenvalue weighted by atomic mass is 10.1. The topological polar surface area (TPSA) is 93.4 Å². The van der Waals surface area contributed by atoms with Gasteiger partial charge in [-0.3, -0.25) is 4.79 Å². The van der Waals surface area contributed by atoms with Gasteiger partial charge < -0.3 is 21.1 Å². The number of ether oxygens (including phenoxy) is 1. The molecule has 0 aliphatic rings. The van der Waals surface area contributed by atoms with Crippen molar-refractivity contribution < 1.29 is 14.3 Å². The van der Waals surface area contributed by atoms with Gasteiger partial charge in [0.25, 0.3) is 0 Å². The van der Waals surface area contributed by atoms with Crippen molar-refractivity contribution in [2.24, 2.45) is 5.73 Å². The fraction of sp³-hybridized carbons (Fsp3) is 0.176. The fourth-order valence-electron chi connectivity index (χ4n) is 1.95. The zero-order valence-electron chi connectivity index (χ0n) is 13.1. The number of nitrogens with two attached hydrogens (primary N) is 1. The van der Waals surface area contributed by atoms with Gasteiger partial charge in [0.05, 0.1) is 0 Å². The standard InChI is InChI=1S/C17H19N3O3/c1-11-4-3-5-15(12(11)2)23-10-19-17(22)20-14-8-6-13(7-9-14)16(18)21/h3-9H,10H2,1-2H3,(H2,18,21)(H2,19,20,22). The van der Waals surface area contributed by atoms with Crippen LogP contribution in [0.2, 0.25) is 0 Å². The van der Waals surface area contributed by atoms with Crippen LogP contribution in [0, 0.1) is 13.8 Å². The maximum Gasteiger partial charge on any atom is 0.321 e. The highest BCUT2D eigenvalue weighted by molar-refractivity contribution is 5.94. The molecular formula is C17H19N3O3. The van der Waals surface area contributed by atoms with E-state index in [-0.39, 0.29) is 6.73 Å². The number of hydrogen-bond donors (Lipinski definition) is 3. The highest BCUT2D eigenvalue weighted by Crippen LogP contribution is 2.20. The number of rotatable bonds is 5. The molecule has 2 aromatic rings. The van der Waals surface area contributed by atoms with Gasteiger partial charge in [-0.25, -0.2) is 4.79 Å². The predicted octanol–water partition coefficient (Wildman–Crippen LogP) is 2.56. The molecule has 0 spiro atoms. The predicted molar refractivity (Wildman–Crippen MR) is 88.5 cm³/mol. The Kier molecular flexibility index (Phi) is 5.19. The van der Waals surface area contributed by atoms with Crippen molar-refractivity contribution in [3.8, 4) is 5.75 Å². The minimum Gasteiger partial charge on any atom is -0.473 e. The Hall–Kier alpha value is -3.02. The summed E-state index contributed by atoms with van der Waals surface area (Å²) in [7, 11) is 0. The summed E-state index contributed by atoms with van der Waals surface area (Å²) in [5.74, 6) is 0.221. The number of amides is 3. The molecule has 0 aromatic heterocycles. The SMILES string of the molecule is Cc1cccc(OCNC(=O)Nc2ccc(C(N)=O)cc2)c1C. The van der Waals surface area contributed by atoms with Crippen LogP contribution in [0.25, 0.3) is 0 Å². The van der Waals surface area contributed by atoms with Gasteiger partial charge in [0, 0.05) is 11.3 Å². The van der Waals surface area contributed by atoms with Gasteiger partial charge in [-0.1, -0.05) is 12.1 Å². The Labute approximate surface area is 134 Å². The second kappa shape index (κ2) is 7.31. The Bertz CT molecular complexity index is 712. The van der Waals surface area contributed by atoms with Crippen LogP contribution in [-0.2, 0) is 0 Å². The number of nitrogens with one attached hydrogen (secondary N) is 2. The average molecular weight is 313 g/mol. The molecule has 0 fully saturated rings. The van der Waals surface area contributed by atoms with Gasteiger partial charge in [-0.15, -0.1) is 0 Å². The number of aryl methyl sites for hydroxylation is 1. The molecule has 3 amide bonds. The van der Waals surface area contributed by atoms with E-state index in [9.17, 15) is 9.59 Å². The Morgan fingerprint density at radius 3 is 2.43 bits per heavy atom. The molecule has 23 heavy (non-hydrogen) atoms. The van der Waals surface area contributed by atoms with Gasteiger partial charge >= 0.3 is 6.03 Å². The van der Waals surface area contributed by atoms with E-state index in [1.807, 2.05) is 32.0 Å². The van der Waals surface area contributed by atoms with E-state index in [1.54, 1.807) is 24.3 Å². The quantitative estimate of drug-likeness (QED) is 0.741. The Balaban J connectivity index is 1.83. The molecule has 0 aliphatic carbocycles. The van der Waals surface area contributed by atoms with Crippen molar-refractivity contribution >= 4 is 17.6 Å². The van der Waals surface area contributed by atoms with Gasteiger partial charge in [0.15, 0.2) is 6.73 Å². The lowest BCUT2D eigenvalue weighted by molar-refractivity contribution is 0.100. The third-order valence-corrected chi connectivity index (χ3v) is 3.44. The number of anilines is 1. The van der Waals surface area contributed by atoms with E-state index in [0.29, 0.717) is 11.3 Å². The second-order valence-electron chi connectivity index (χ2n) is 5.06. The first-order chi connectivity index (χ1) is 11.0. The summed E-state index contributed by atoms with van der Waals surface area (Å²) >= 11 is 0. The van der Waals surface area contributed by atoms with E-state index in [0.717, 1.165) is 16.9 Å². The fourth-order valence-corrected chi connectivity index (χ4v) is 1.95. The van der Waals surface area contributed by atoms with Gasteiger partial charge in [-0.2, -0.15) is 0 Å². The molecular weight excluding hydrogens is 294 g/mol. The van der Waals surface area contributed by atoms with Crippen LogP contribution in [0.4, 0.5) is 10.5 Å². The molecule has 0 heterocycles. The molecule has 0 atom stereocenters. The van der Waals surface area contributed by atoms with Crippen molar-refractivity contribution in [1.82, 2.24) is 5.32 Å². The van der Waals surface area contributed by atoms with Gasteiger partial charge in [0.2, 0.25) is 5.91 Å². The summed E-state index contributed by atoms with van der Waals surface area (Å²) in [6, 6.07) is 11.6. The maximum atomic E-state index is 11.8. The van der Waals surface area contributed by atoms with E-state index >= 15 is 0 Å². The summed E-state index contributed by atoms with van der Waals surface area (Å²) in [4.78, 5) is 22.7. The summed E-state index contributed by atoms with van der Waals surface area (Å²) in [5.41, 5.74) is 8.26. The molecule has 4 N–H and O–H groups in total. The summed E-state index contributed by atoms with van der Waals surface area (Å²) < 4.78 is 5.54. The third kappa shape index (κ3) is 4.47. The van der Waals surface area contributed by atoms with Crippen molar-refractivity contribution in [3.05, 3.63) is 59.2 Å². The van der Waals surface area contributed by atoms with Gasteiger partial charge in [-0.05, 0) is 55.3 Å². The monoisotopic (exact) mass is 313 g/mol. The van der Waals surface area contributed by atoms with Crippen LogP contribution in [0.15, 0.2) is 42.5 Å². The van der Waals surface area contributed by atoms with E-state index in [1.165, 1.54) is 0 Å². The minimum atomic E-state index is -0.511. The van der Waals surface area contributed by atoms with Crippen molar-refractivity contribution in [2.45, 2.75) is 13.8 Å². The van der Waals surface area contributed by atoms with Gasteiger partial charge in [0.1, 0.15) is 5.75 Å². The van der Waals surface area contributed by atoms with Crippen molar-refractivity contribution in [3.63, 3.8) is 0 Å². The lowest BCUT2D eigenvalue weighted by Gasteiger charge is -2.12. The number of urea groups is 1. The summed E-state index contributed by atoms with van der Waals surface area (Å²) in [5, 5.41) is 5.24. The van der Waals surface area contributed by atoms with Crippen LogP contribution in [0.1, 0.15) is 21.5 Å². The first kappa shape index (κ1) is 16.4. The van der Waals surface area contributed by atoms with E-state index in [2.05, 4.69) is 10.6 Å². The lowest BCUT2D eigenvalue weighted by Crippen LogP contribution is -2.32. The molecule has 6 heteroatoms. The molecule has 120 valence electrons. The molecule has 0 unspecified atom stereocenters. The molecule has 2 rings (SSSR count). The van der Waals surface area contributed by atoms with Crippen LogP contribution in [0.3, 0.4) is 0 Å². The Morgan fingerprint density at radius 2 is 1.78 bits per heavy atom. The molecule has 2 aromatic carbocycles. The maximum absolute atomic E-state index is 11.8. The largest absolute Gasteiger partial charge is 0.473 e. The average Bonchev–Trinajstić information content (AvgIpc) is 2.52. The van der Waals surface area contributed by atoms with Crippen molar-refractivity contribution in [2.75, 3.05) is 12.0 Å². The zero-order chi connectivity index (χ0) is 16.8. The number of primary amides is 1. The number of hydrogen-bond acceptors (Lipinski definition) is 3. The molecule has 0 bridgehead atoms. The van der Waals surface area contributed by atoms with E-state index < -0.39 is 11.9 Å². The zero-order valence-corrected chi connectivity index (χ0v) is 13.1. The number of benzene rings is 2. The van der Waals surface area contributed by atoms with Crippen LogP contribution >= 0.6 is 0 Å². The third-order valence-electron chi connectivity index (χ3n) is 3.44. The highest BCUT2D eigenvalue weighted by atomic mass is 16.5. The van der Waals surface area contributed by atoms with Crippen LogP contribution < -0.4 is 21.1 Å². The molecule has 6 nitrogen and oxygen atoms in total. The summed E-state index contributed by atoms with van der Waals surface area (Å²) in [6.07, 6.45) is 0. The minimum absolute atomic E-state index is 0.0511. The normalized spacial score (nSPS) is 10.0. The van der Waals surface area contributed by atoms with Crippen molar-refractivity contribution in [1.29, 1.82) is 0 Å². The Morgan fingerprint density at radius 1 is 1.09 bits per heavy atom. The smallest absolute Gasteiger partial charge is 0.321 e. The first-order valence-corrected chi connectivity index (χ1v) is 7.11. The van der Waals surface area contributed by atoms with Crippen LogP contribution in [-0.4, -0.2) is 18.7 Å². The molecule has 0 radical (unpaired) electrons. The second-order valence-corrected chi connectivity index (χ2v) is 5.06. The van der Waals surface area contributed by atoms with Crippen LogP contribution in [0.5, 0.6) is 5.75 Å². The summed E-state index contributed by atoms with van der Waals surface area (Å²) in [6.45, 7) is 4.01. The first-order valence-electron chi connectivity index (χ1n) is 7.11. The number of carbonyl (C=O) groups is 2. The highest BCUT2D eigenvalue weighted by Gasteiger charge is 2.05. The molecule has 0 saturated heterocycles. The van der Waals surface area contributed by atoms with E-state index in [4.69, 9.17) is 10.5 Å². The molecule has 0 aliphatic heterocycles.